The lowest BCUT2D eigenvalue weighted by molar-refractivity contribution is -0.141. The molecule has 0 saturated heterocycles. The summed E-state index contributed by atoms with van der Waals surface area (Å²) < 4.78 is 0. The number of hydrogen-bond donors (Lipinski definition) is 1. The first kappa shape index (κ1) is 16.8. The second-order valence-electron chi connectivity index (χ2n) is 5.41. The molecule has 1 rings (SSSR count). The normalized spacial score (nSPS) is 14.0. The summed E-state index contributed by atoms with van der Waals surface area (Å²) in [4.78, 5) is 23.0. The lowest BCUT2D eigenvalue weighted by atomic mass is 9.91. The van der Waals surface area contributed by atoms with Crippen molar-refractivity contribution >= 4 is 22.8 Å². The first-order valence-corrected chi connectivity index (χ1v) is 7.72. The zero-order chi connectivity index (χ0) is 15.1. The molecule has 1 aromatic rings. The maximum absolute atomic E-state index is 11.6. The Balaban J connectivity index is 2.89. The Morgan fingerprint density at radius 3 is 2.25 bits per heavy atom. The van der Waals surface area contributed by atoms with Gasteiger partial charge < -0.3 is 5.11 Å². The summed E-state index contributed by atoms with van der Waals surface area (Å²) in [7, 11) is 0. The van der Waals surface area contributed by atoms with Crippen molar-refractivity contribution in [1.29, 1.82) is 0 Å². The Bertz CT molecular complexity index is 442. The second-order valence-corrected chi connectivity index (χ2v) is 6.83. The molecule has 4 heteroatoms. The van der Waals surface area contributed by atoms with E-state index in [-0.39, 0.29) is 10.4 Å². The Morgan fingerprint density at radius 1 is 1.20 bits per heavy atom. The second kappa shape index (κ2) is 8.10. The SMILES string of the molecule is CC(=O)S[C@H](CC(C)C)[C@H](Cc1ccccc1)C(=O)O. The molecule has 3 nitrogen and oxygen atoms in total. The zero-order valence-electron chi connectivity index (χ0n) is 12.2. The van der Waals surface area contributed by atoms with Crippen LogP contribution in [0.5, 0.6) is 0 Å². The van der Waals surface area contributed by atoms with Crippen LogP contribution in [-0.2, 0) is 16.0 Å². The van der Waals surface area contributed by atoms with E-state index in [1.807, 2.05) is 30.3 Å². The number of carbonyl (C=O) groups excluding carboxylic acids is 1. The minimum absolute atomic E-state index is 0.0186. The van der Waals surface area contributed by atoms with Gasteiger partial charge in [0.15, 0.2) is 5.12 Å². The molecule has 0 aliphatic rings. The van der Waals surface area contributed by atoms with Gasteiger partial charge in [0.1, 0.15) is 0 Å². The Labute approximate surface area is 124 Å². The van der Waals surface area contributed by atoms with Gasteiger partial charge in [0.25, 0.3) is 0 Å². The predicted octanol–water partition coefficient (Wildman–Crippen LogP) is 3.62. The van der Waals surface area contributed by atoms with Crippen molar-refractivity contribution in [2.75, 3.05) is 0 Å². The molecular formula is C16H22O3S. The fourth-order valence-corrected chi connectivity index (χ4v) is 3.50. The smallest absolute Gasteiger partial charge is 0.307 e. The van der Waals surface area contributed by atoms with Crippen molar-refractivity contribution in [3.05, 3.63) is 35.9 Å². The summed E-state index contributed by atoms with van der Waals surface area (Å²) in [5.41, 5.74) is 0.998. The van der Waals surface area contributed by atoms with Crippen molar-refractivity contribution < 1.29 is 14.7 Å². The van der Waals surface area contributed by atoms with E-state index in [1.54, 1.807) is 0 Å². The highest BCUT2D eigenvalue weighted by atomic mass is 32.2. The van der Waals surface area contributed by atoms with Gasteiger partial charge >= 0.3 is 5.97 Å². The van der Waals surface area contributed by atoms with Crippen LogP contribution in [0.15, 0.2) is 30.3 Å². The third kappa shape index (κ3) is 5.78. The standard InChI is InChI=1S/C16H22O3S/c1-11(2)9-15(20-12(3)17)14(16(18)19)10-13-7-5-4-6-8-13/h4-8,11,14-15H,9-10H2,1-3H3,(H,18,19)/t14-,15+/m0/s1. The van der Waals surface area contributed by atoms with Crippen LogP contribution in [0.1, 0.15) is 32.8 Å². The van der Waals surface area contributed by atoms with Gasteiger partial charge in [-0.1, -0.05) is 55.9 Å². The van der Waals surface area contributed by atoms with Crippen LogP contribution in [0.3, 0.4) is 0 Å². The summed E-state index contributed by atoms with van der Waals surface area (Å²) in [6.45, 7) is 5.60. The highest BCUT2D eigenvalue weighted by Crippen LogP contribution is 2.29. The number of hydrogen-bond acceptors (Lipinski definition) is 3. The van der Waals surface area contributed by atoms with E-state index >= 15 is 0 Å². The molecule has 0 amide bonds. The Hall–Kier alpha value is -1.29. The summed E-state index contributed by atoms with van der Waals surface area (Å²) in [5, 5.41) is 9.31. The number of carboxylic acids is 1. The first-order chi connectivity index (χ1) is 9.40. The lowest BCUT2D eigenvalue weighted by Crippen LogP contribution is -2.30. The molecule has 1 aromatic carbocycles. The van der Waals surface area contributed by atoms with Crippen molar-refractivity contribution in [1.82, 2.24) is 0 Å². The summed E-state index contributed by atoms with van der Waals surface area (Å²) in [6.07, 6.45) is 1.20. The van der Waals surface area contributed by atoms with Crippen molar-refractivity contribution in [2.45, 2.75) is 38.9 Å². The molecule has 0 saturated carbocycles. The van der Waals surface area contributed by atoms with Gasteiger partial charge in [-0.15, -0.1) is 0 Å². The lowest BCUT2D eigenvalue weighted by Gasteiger charge is -2.24. The van der Waals surface area contributed by atoms with Gasteiger partial charge in [-0.25, -0.2) is 0 Å². The van der Waals surface area contributed by atoms with E-state index in [0.717, 1.165) is 23.7 Å². The summed E-state index contributed by atoms with van der Waals surface area (Å²) in [6, 6.07) is 9.59. The van der Waals surface area contributed by atoms with Crippen LogP contribution >= 0.6 is 11.8 Å². The van der Waals surface area contributed by atoms with E-state index in [9.17, 15) is 14.7 Å². The van der Waals surface area contributed by atoms with Crippen LogP contribution in [0.4, 0.5) is 0 Å². The maximum atomic E-state index is 11.6. The van der Waals surface area contributed by atoms with Gasteiger partial charge in [-0.2, -0.15) is 0 Å². The highest BCUT2D eigenvalue weighted by molar-refractivity contribution is 8.14. The van der Waals surface area contributed by atoms with Crippen molar-refractivity contribution in [2.24, 2.45) is 11.8 Å². The van der Waals surface area contributed by atoms with E-state index in [1.165, 1.54) is 6.92 Å². The highest BCUT2D eigenvalue weighted by Gasteiger charge is 2.30. The van der Waals surface area contributed by atoms with Crippen LogP contribution in [0.25, 0.3) is 0 Å². The molecule has 0 heterocycles. The van der Waals surface area contributed by atoms with Crippen molar-refractivity contribution in [3.63, 3.8) is 0 Å². The molecule has 0 aliphatic heterocycles. The molecule has 1 N–H and O–H groups in total. The molecule has 0 aromatic heterocycles. The fourth-order valence-electron chi connectivity index (χ4n) is 2.22. The topological polar surface area (TPSA) is 54.4 Å². The largest absolute Gasteiger partial charge is 0.481 e. The first-order valence-electron chi connectivity index (χ1n) is 6.84. The number of rotatable bonds is 7. The molecule has 0 bridgehead atoms. The van der Waals surface area contributed by atoms with E-state index in [0.29, 0.717) is 12.3 Å². The van der Waals surface area contributed by atoms with Gasteiger partial charge in [0, 0.05) is 12.2 Å². The average molecular weight is 294 g/mol. The Kier molecular flexibility index (Phi) is 6.79. The molecule has 0 spiro atoms. The van der Waals surface area contributed by atoms with E-state index < -0.39 is 11.9 Å². The van der Waals surface area contributed by atoms with Crippen LogP contribution in [0.2, 0.25) is 0 Å². The summed E-state index contributed by atoms with van der Waals surface area (Å²) >= 11 is 1.16. The molecule has 20 heavy (non-hydrogen) atoms. The maximum Gasteiger partial charge on any atom is 0.307 e. The number of carboxylic acid groups (broad SMARTS) is 1. The molecule has 2 atom stereocenters. The molecular weight excluding hydrogens is 272 g/mol. The minimum atomic E-state index is -0.826. The number of aliphatic carboxylic acids is 1. The molecule has 110 valence electrons. The fraction of sp³-hybridized carbons (Fsp3) is 0.500. The van der Waals surface area contributed by atoms with Gasteiger partial charge in [0.2, 0.25) is 0 Å². The molecule has 0 unspecified atom stereocenters. The zero-order valence-corrected chi connectivity index (χ0v) is 13.0. The summed E-state index contributed by atoms with van der Waals surface area (Å²) in [5.74, 6) is -0.994. The molecule has 0 aliphatic carbocycles. The number of thioether (sulfide) groups is 1. The number of carbonyl (C=O) groups is 2. The number of benzene rings is 1. The van der Waals surface area contributed by atoms with Crippen LogP contribution in [0, 0.1) is 11.8 Å². The Morgan fingerprint density at radius 2 is 1.80 bits per heavy atom. The third-order valence-electron chi connectivity index (χ3n) is 3.09. The van der Waals surface area contributed by atoms with Gasteiger partial charge in [-0.05, 0) is 24.3 Å². The quantitative estimate of drug-likeness (QED) is 0.834. The van der Waals surface area contributed by atoms with Crippen LogP contribution in [-0.4, -0.2) is 21.4 Å². The predicted molar refractivity (Wildman–Crippen MR) is 82.8 cm³/mol. The van der Waals surface area contributed by atoms with E-state index in [4.69, 9.17) is 0 Å². The average Bonchev–Trinajstić information content (AvgIpc) is 2.35. The van der Waals surface area contributed by atoms with Crippen molar-refractivity contribution in [3.8, 4) is 0 Å². The van der Waals surface area contributed by atoms with Gasteiger partial charge in [-0.3, -0.25) is 9.59 Å². The van der Waals surface area contributed by atoms with Crippen LogP contribution < -0.4 is 0 Å². The minimum Gasteiger partial charge on any atom is -0.481 e. The third-order valence-corrected chi connectivity index (χ3v) is 4.24. The van der Waals surface area contributed by atoms with E-state index in [2.05, 4.69) is 13.8 Å². The van der Waals surface area contributed by atoms with Gasteiger partial charge in [0.05, 0.1) is 5.92 Å². The molecule has 0 radical (unpaired) electrons. The monoisotopic (exact) mass is 294 g/mol. The molecule has 0 fully saturated rings.